The van der Waals surface area contributed by atoms with Crippen LogP contribution >= 0.6 is 0 Å². The van der Waals surface area contributed by atoms with Crippen molar-refractivity contribution in [2.75, 3.05) is 0 Å². The fraction of sp³-hybridized carbons (Fsp3) is 0.524. The molecule has 0 bridgehead atoms. The van der Waals surface area contributed by atoms with Gasteiger partial charge >= 0.3 is 12.1 Å². The number of esters is 1. The predicted molar refractivity (Wildman–Crippen MR) is 110 cm³/mol. The Hall–Kier alpha value is -3.10. The average Bonchev–Trinajstić information content (AvgIpc) is 2.63. The van der Waals surface area contributed by atoms with E-state index in [9.17, 15) is 19.2 Å². The highest BCUT2D eigenvalue weighted by Crippen LogP contribution is 2.10. The van der Waals surface area contributed by atoms with Crippen LogP contribution < -0.4 is 16.4 Å². The smallest absolute Gasteiger partial charge is 0.408 e. The molecule has 2 atom stereocenters. The lowest BCUT2D eigenvalue weighted by Gasteiger charge is -2.26. The van der Waals surface area contributed by atoms with Crippen molar-refractivity contribution in [3.8, 4) is 0 Å². The number of rotatable bonds is 9. The Balaban J connectivity index is 2.69. The molecule has 0 aliphatic carbocycles. The van der Waals surface area contributed by atoms with E-state index in [2.05, 4.69) is 10.6 Å². The lowest BCUT2D eigenvalue weighted by molar-refractivity contribution is -0.147. The van der Waals surface area contributed by atoms with Gasteiger partial charge in [-0.1, -0.05) is 44.2 Å². The van der Waals surface area contributed by atoms with Crippen molar-refractivity contribution in [3.63, 3.8) is 0 Å². The third kappa shape index (κ3) is 9.40. The standard InChI is InChI=1S/C21H31N3O6/c1-13(2)17(24-20(28)30-21(3,4)5)19(27)23-15(18(22)26)11-16(25)29-12-14-9-7-6-8-10-14/h6-10,13,15,17H,11-12H2,1-5H3,(H2,22,26)(H,23,27)(H,24,28)/t15-,17+/m1/s1. The van der Waals surface area contributed by atoms with E-state index in [4.69, 9.17) is 15.2 Å². The molecular formula is C21H31N3O6. The van der Waals surface area contributed by atoms with Crippen LogP contribution in [0.4, 0.5) is 4.79 Å². The Morgan fingerprint density at radius 2 is 1.63 bits per heavy atom. The van der Waals surface area contributed by atoms with E-state index >= 15 is 0 Å². The van der Waals surface area contributed by atoms with Gasteiger partial charge in [0.1, 0.15) is 24.3 Å². The summed E-state index contributed by atoms with van der Waals surface area (Å²) in [5, 5.41) is 4.89. The summed E-state index contributed by atoms with van der Waals surface area (Å²) in [4.78, 5) is 48.5. The van der Waals surface area contributed by atoms with Crippen molar-refractivity contribution >= 4 is 23.9 Å². The second-order valence-corrected chi connectivity index (χ2v) is 8.18. The molecule has 166 valence electrons. The van der Waals surface area contributed by atoms with Crippen molar-refractivity contribution in [1.82, 2.24) is 10.6 Å². The van der Waals surface area contributed by atoms with Crippen LogP contribution in [0.1, 0.15) is 46.6 Å². The number of ether oxygens (including phenoxy) is 2. The number of hydrogen-bond acceptors (Lipinski definition) is 6. The maximum atomic E-state index is 12.6. The van der Waals surface area contributed by atoms with Crippen LogP contribution in [0, 0.1) is 5.92 Å². The van der Waals surface area contributed by atoms with E-state index in [-0.39, 0.29) is 12.5 Å². The first-order valence-electron chi connectivity index (χ1n) is 9.67. The van der Waals surface area contributed by atoms with E-state index in [0.29, 0.717) is 0 Å². The van der Waals surface area contributed by atoms with Crippen molar-refractivity contribution in [2.45, 2.75) is 65.3 Å². The summed E-state index contributed by atoms with van der Waals surface area (Å²) in [6.07, 6.45) is -1.19. The molecule has 0 aliphatic heterocycles. The summed E-state index contributed by atoms with van der Waals surface area (Å²) < 4.78 is 10.3. The molecule has 0 heterocycles. The van der Waals surface area contributed by atoms with E-state index in [1.165, 1.54) is 0 Å². The van der Waals surface area contributed by atoms with Gasteiger partial charge in [0.05, 0.1) is 6.42 Å². The van der Waals surface area contributed by atoms with Gasteiger partial charge in [0, 0.05) is 0 Å². The molecular weight excluding hydrogens is 390 g/mol. The Kier molecular flexibility index (Phi) is 9.29. The topological polar surface area (TPSA) is 137 Å². The van der Waals surface area contributed by atoms with Gasteiger partial charge in [-0.05, 0) is 32.3 Å². The predicted octanol–water partition coefficient (Wildman–Crippen LogP) is 1.64. The SMILES string of the molecule is CC(C)[C@H](NC(=O)OC(C)(C)C)C(=O)N[C@H](CC(=O)OCc1ccccc1)C(N)=O. The van der Waals surface area contributed by atoms with Crippen LogP contribution in [-0.4, -0.2) is 41.6 Å². The van der Waals surface area contributed by atoms with Crippen LogP contribution in [0.5, 0.6) is 0 Å². The molecule has 0 spiro atoms. The molecule has 1 aromatic rings. The minimum Gasteiger partial charge on any atom is -0.461 e. The van der Waals surface area contributed by atoms with Crippen molar-refractivity contribution in [3.05, 3.63) is 35.9 Å². The number of carbonyl (C=O) groups is 4. The number of alkyl carbamates (subject to hydrolysis) is 1. The molecule has 1 rings (SSSR count). The monoisotopic (exact) mass is 421 g/mol. The zero-order valence-corrected chi connectivity index (χ0v) is 18.1. The molecule has 3 amide bonds. The minimum atomic E-state index is -1.28. The van der Waals surface area contributed by atoms with E-state index < -0.39 is 48.0 Å². The van der Waals surface area contributed by atoms with Crippen molar-refractivity contribution in [2.24, 2.45) is 11.7 Å². The number of benzene rings is 1. The quantitative estimate of drug-likeness (QED) is 0.519. The highest BCUT2D eigenvalue weighted by atomic mass is 16.6. The summed E-state index contributed by atoms with van der Waals surface area (Å²) in [6, 6.07) is 6.76. The zero-order chi connectivity index (χ0) is 22.9. The Morgan fingerprint density at radius 1 is 1.03 bits per heavy atom. The fourth-order valence-corrected chi connectivity index (χ4v) is 2.42. The number of carbonyl (C=O) groups excluding carboxylic acids is 4. The van der Waals surface area contributed by atoms with Gasteiger partial charge in [0.25, 0.3) is 0 Å². The van der Waals surface area contributed by atoms with Gasteiger partial charge in [-0.25, -0.2) is 4.79 Å². The van der Waals surface area contributed by atoms with E-state index in [1.807, 2.05) is 6.07 Å². The Labute approximate surface area is 176 Å². The molecule has 0 fully saturated rings. The van der Waals surface area contributed by atoms with Gasteiger partial charge in [-0.15, -0.1) is 0 Å². The summed E-state index contributed by atoms with van der Waals surface area (Å²) >= 11 is 0. The van der Waals surface area contributed by atoms with E-state index in [0.717, 1.165) is 5.56 Å². The normalized spacial score (nSPS) is 13.1. The molecule has 0 saturated heterocycles. The summed E-state index contributed by atoms with van der Waals surface area (Å²) in [5.74, 6) is -2.55. The van der Waals surface area contributed by atoms with Gasteiger partial charge in [0.2, 0.25) is 11.8 Å². The molecule has 9 nitrogen and oxygen atoms in total. The minimum absolute atomic E-state index is 0.0356. The number of nitrogens with two attached hydrogens (primary N) is 1. The highest BCUT2D eigenvalue weighted by molar-refractivity contribution is 5.92. The van der Waals surface area contributed by atoms with Gasteiger partial charge in [-0.2, -0.15) is 0 Å². The number of primary amides is 1. The lowest BCUT2D eigenvalue weighted by Crippen LogP contribution is -2.55. The average molecular weight is 421 g/mol. The molecule has 0 unspecified atom stereocenters. The third-order valence-corrected chi connectivity index (χ3v) is 3.89. The molecule has 30 heavy (non-hydrogen) atoms. The lowest BCUT2D eigenvalue weighted by atomic mass is 10.0. The Bertz CT molecular complexity index is 743. The number of amides is 3. The van der Waals surface area contributed by atoms with Crippen LogP contribution in [0.2, 0.25) is 0 Å². The maximum absolute atomic E-state index is 12.6. The summed E-state index contributed by atoms with van der Waals surface area (Å²) in [5.41, 5.74) is 5.38. The summed E-state index contributed by atoms with van der Waals surface area (Å²) in [7, 11) is 0. The molecule has 0 aromatic heterocycles. The van der Waals surface area contributed by atoms with Crippen molar-refractivity contribution in [1.29, 1.82) is 0 Å². The molecule has 4 N–H and O–H groups in total. The third-order valence-electron chi connectivity index (χ3n) is 3.89. The second kappa shape index (κ2) is 11.2. The van der Waals surface area contributed by atoms with Crippen LogP contribution in [0.15, 0.2) is 30.3 Å². The first-order valence-corrected chi connectivity index (χ1v) is 9.67. The van der Waals surface area contributed by atoms with E-state index in [1.54, 1.807) is 58.9 Å². The largest absolute Gasteiger partial charge is 0.461 e. The first kappa shape index (κ1) is 24.9. The number of hydrogen-bond donors (Lipinski definition) is 3. The van der Waals surface area contributed by atoms with Crippen molar-refractivity contribution < 1.29 is 28.7 Å². The zero-order valence-electron chi connectivity index (χ0n) is 18.1. The van der Waals surface area contributed by atoms with Gasteiger partial charge in [0.15, 0.2) is 0 Å². The first-order chi connectivity index (χ1) is 13.9. The molecule has 0 radical (unpaired) electrons. The molecule has 0 saturated carbocycles. The Morgan fingerprint density at radius 3 is 2.13 bits per heavy atom. The molecule has 9 heteroatoms. The second-order valence-electron chi connectivity index (χ2n) is 8.18. The summed E-state index contributed by atoms with van der Waals surface area (Å²) in [6.45, 7) is 8.56. The van der Waals surface area contributed by atoms with Crippen LogP contribution in [-0.2, 0) is 30.5 Å². The van der Waals surface area contributed by atoms with Gasteiger partial charge in [-0.3, -0.25) is 14.4 Å². The van der Waals surface area contributed by atoms with Crippen LogP contribution in [0.25, 0.3) is 0 Å². The molecule has 0 aliphatic rings. The van der Waals surface area contributed by atoms with Gasteiger partial charge < -0.3 is 25.8 Å². The van der Waals surface area contributed by atoms with Crippen LogP contribution in [0.3, 0.4) is 0 Å². The highest BCUT2D eigenvalue weighted by Gasteiger charge is 2.30. The fourth-order valence-electron chi connectivity index (χ4n) is 2.42. The maximum Gasteiger partial charge on any atom is 0.408 e. The molecule has 1 aromatic carbocycles. The number of nitrogens with one attached hydrogen (secondary N) is 2.